The molecule has 1 aliphatic rings. The zero-order chi connectivity index (χ0) is 21.9. The number of rotatable bonds is 6. The molecule has 6 nitrogen and oxygen atoms in total. The van der Waals surface area contributed by atoms with Crippen LogP contribution in [0.4, 0.5) is 17.1 Å². The highest BCUT2D eigenvalue weighted by Crippen LogP contribution is 2.25. The van der Waals surface area contributed by atoms with E-state index in [2.05, 4.69) is 10.2 Å². The molecule has 2 aromatic carbocycles. The number of carbonyl (C=O) groups is 1. The maximum absolute atomic E-state index is 12.9. The lowest BCUT2D eigenvalue weighted by Gasteiger charge is -2.29. The molecule has 0 aliphatic carbocycles. The van der Waals surface area contributed by atoms with E-state index in [4.69, 9.17) is 0 Å². The van der Waals surface area contributed by atoms with Crippen LogP contribution in [-0.2, 0) is 14.8 Å². The summed E-state index contributed by atoms with van der Waals surface area (Å²) in [6, 6.07) is 12.4. The number of aryl methyl sites for hydroxylation is 2. The normalized spacial score (nSPS) is 15.5. The van der Waals surface area contributed by atoms with Crippen LogP contribution in [-0.4, -0.2) is 39.7 Å². The number of sulfonamides is 1. The van der Waals surface area contributed by atoms with Gasteiger partial charge in [-0.3, -0.25) is 9.10 Å². The minimum absolute atomic E-state index is 0.370. The second kappa shape index (κ2) is 9.08. The number of hydrogen-bond donors (Lipinski definition) is 1. The lowest BCUT2D eigenvalue weighted by Crippen LogP contribution is -2.45. The smallest absolute Gasteiger partial charge is 0.247 e. The van der Waals surface area contributed by atoms with Crippen molar-refractivity contribution in [2.24, 2.45) is 0 Å². The van der Waals surface area contributed by atoms with Gasteiger partial charge in [-0.2, -0.15) is 0 Å². The molecule has 0 unspecified atom stereocenters. The highest BCUT2D eigenvalue weighted by atomic mass is 32.2. The van der Waals surface area contributed by atoms with E-state index >= 15 is 0 Å². The Bertz CT molecular complexity index is 977. The molecule has 0 bridgehead atoms. The molecule has 0 spiro atoms. The van der Waals surface area contributed by atoms with Crippen molar-refractivity contribution in [1.29, 1.82) is 0 Å². The summed E-state index contributed by atoms with van der Waals surface area (Å²) in [6.07, 6.45) is 4.81. The van der Waals surface area contributed by atoms with Crippen LogP contribution >= 0.6 is 0 Å². The SMILES string of the molecule is Cc1cc(C)cc(N([C@H](C)C(=O)Nc2ccc(N3CCCCC3)cc2)S(C)(=O)=O)c1. The number of piperidine rings is 1. The number of amides is 1. The van der Waals surface area contributed by atoms with Gasteiger partial charge in [0.2, 0.25) is 15.9 Å². The minimum atomic E-state index is -3.64. The predicted octanol–water partition coefficient (Wildman–Crippen LogP) is 4.09. The predicted molar refractivity (Wildman–Crippen MR) is 124 cm³/mol. The molecule has 1 heterocycles. The number of benzene rings is 2. The summed E-state index contributed by atoms with van der Waals surface area (Å²) < 4.78 is 26.2. The molecule has 2 aromatic rings. The third-order valence-electron chi connectivity index (χ3n) is 5.41. The lowest BCUT2D eigenvalue weighted by molar-refractivity contribution is -0.116. The van der Waals surface area contributed by atoms with Gasteiger partial charge < -0.3 is 10.2 Å². The van der Waals surface area contributed by atoms with Gasteiger partial charge in [-0.1, -0.05) is 6.07 Å². The minimum Gasteiger partial charge on any atom is -0.372 e. The molecule has 1 aliphatic heterocycles. The Balaban J connectivity index is 1.77. The molecule has 7 heteroatoms. The molecule has 1 saturated heterocycles. The summed E-state index contributed by atoms with van der Waals surface area (Å²) in [5.41, 5.74) is 4.19. The highest BCUT2D eigenvalue weighted by Gasteiger charge is 2.29. The molecule has 1 N–H and O–H groups in total. The Hall–Kier alpha value is -2.54. The first-order valence-corrected chi connectivity index (χ1v) is 12.2. The van der Waals surface area contributed by atoms with Gasteiger partial charge in [-0.15, -0.1) is 0 Å². The van der Waals surface area contributed by atoms with E-state index in [9.17, 15) is 13.2 Å². The van der Waals surface area contributed by atoms with Crippen LogP contribution in [0.5, 0.6) is 0 Å². The van der Waals surface area contributed by atoms with Crippen molar-refractivity contribution in [3.8, 4) is 0 Å². The quantitative estimate of drug-likeness (QED) is 0.751. The van der Waals surface area contributed by atoms with Crippen molar-refractivity contribution in [1.82, 2.24) is 0 Å². The van der Waals surface area contributed by atoms with Gasteiger partial charge in [0.25, 0.3) is 0 Å². The zero-order valence-electron chi connectivity index (χ0n) is 18.2. The topological polar surface area (TPSA) is 69.7 Å². The molecule has 3 rings (SSSR count). The maximum Gasteiger partial charge on any atom is 0.247 e. The first-order valence-electron chi connectivity index (χ1n) is 10.4. The van der Waals surface area contributed by atoms with Crippen molar-refractivity contribution < 1.29 is 13.2 Å². The molecular weight excluding hydrogens is 398 g/mol. The van der Waals surface area contributed by atoms with Crippen LogP contribution in [0.2, 0.25) is 0 Å². The standard InChI is InChI=1S/C23H31N3O3S/c1-17-14-18(2)16-22(15-17)26(30(4,28)29)19(3)23(27)24-20-8-10-21(11-9-20)25-12-6-5-7-13-25/h8-11,14-16,19H,5-7,12-13H2,1-4H3,(H,24,27)/t19-/m1/s1. The molecular formula is C23H31N3O3S. The van der Waals surface area contributed by atoms with Crippen LogP contribution in [0.15, 0.2) is 42.5 Å². The number of hydrogen-bond acceptors (Lipinski definition) is 4. The van der Waals surface area contributed by atoms with Gasteiger partial charge in [-0.25, -0.2) is 8.42 Å². The fraction of sp³-hybridized carbons (Fsp3) is 0.435. The molecule has 0 aromatic heterocycles. The number of carbonyl (C=O) groups excluding carboxylic acids is 1. The summed E-state index contributed by atoms with van der Waals surface area (Å²) in [5.74, 6) is -0.370. The summed E-state index contributed by atoms with van der Waals surface area (Å²) in [5, 5.41) is 2.86. The molecule has 162 valence electrons. The van der Waals surface area contributed by atoms with Crippen LogP contribution < -0.4 is 14.5 Å². The van der Waals surface area contributed by atoms with E-state index in [0.717, 1.165) is 36.2 Å². The van der Waals surface area contributed by atoms with Gasteiger partial charge in [-0.05, 0) is 87.6 Å². The van der Waals surface area contributed by atoms with Crippen LogP contribution in [0.25, 0.3) is 0 Å². The van der Waals surface area contributed by atoms with E-state index in [1.807, 2.05) is 44.2 Å². The third-order valence-corrected chi connectivity index (χ3v) is 6.65. The second-order valence-corrected chi connectivity index (χ2v) is 10.0. The molecule has 1 amide bonds. The summed E-state index contributed by atoms with van der Waals surface area (Å²) in [6.45, 7) is 7.54. The molecule has 0 radical (unpaired) electrons. The van der Waals surface area contributed by atoms with Crippen LogP contribution in [0.3, 0.4) is 0 Å². The number of anilines is 3. The molecule has 30 heavy (non-hydrogen) atoms. The van der Waals surface area contributed by atoms with E-state index in [-0.39, 0.29) is 5.91 Å². The van der Waals surface area contributed by atoms with Gasteiger partial charge in [0, 0.05) is 24.5 Å². The Kier molecular flexibility index (Phi) is 6.71. The van der Waals surface area contributed by atoms with Crippen molar-refractivity contribution in [2.45, 2.75) is 46.1 Å². The van der Waals surface area contributed by atoms with Crippen molar-refractivity contribution in [3.05, 3.63) is 53.6 Å². The van der Waals surface area contributed by atoms with E-state index in [1.54, 1.807) is 19.1 Å². The van der Waals surface area contributed by atoms with Gasteiger partial charge in [0.05, 0.1) is 11.9 Å². The van der Waals surface area contributed by atoms with Crippen LogP contribution in [0.1, 0.15) is 37.3 Å². The first-order chi connectivity index (χ1) is 14.1. The Morgan fingerprint density at radius 3 is 2.10 bits per heavy atom. The fourth-order valence-corrected chi connectivity index (χ4v) is 5.20. The molecule has 1 fully saturated rings. The Morgan fingerprint density at radius 2 is 1.57 bits per heavy atom. The maximum atomic E-state index is 12.9. The first kappa shape index (κ1) is 22.2. The second-order valence-electron chi connectivity index (χ2n) is 8.16. The van der Waals surface area contributed by atoms with Crippen molar-refractivity contribution in [3.63, 3.8) is 0 Å². The highest BCUT2D eigenvalue weighted by molar-refractivity contribution is 7.92. The summed E-state index contributed by atoms with van der Waals surface area (Å²) in [7, 11) is -3.64. The zero-order valence-corrected chi connectivity index (χ0v) is 19.0. The lowest BCUT2D eigenvalue weighted by atomic mass is 10.1. The van der Waals surface area contributed by atoms with E-state index in [1.165, 1.54) is 23.6 Å². The van der Waals surface area contributed by atoms with E-state index in [0.29, 0.717) is 11.4 Å². The average Bonchev–Trinajstić information content (AvgIpc) is 2.67. The summed E-state index contributed by atoms with van der Waals surface area (Å²) >= 11 is 0. The van der Waals surface area contributed by atoms with Gasteiger partial charge in [0.1, 0.15) is 6.04 Å². The van der Waals surface area contributed by atoms with Gasteiger partial charge >= 0.3 is 0 Å². The van der Waals surface area contributed by atoms with E-state index < -0.39 is 16.1 Å². The molecule has 0 saturated carbocycles. The monoisotopic (exact) mass is 429 g/mol. The largest absolute Gasteiger partial charge is 0.372 e. The number of nitrogens with one attached hydrogen (secondary N) is 1. The van der Waals surface area contributed by atoms with Gasteiger partial charge in [0.15, 0.2) is 0 Å². The van der Waals surface area contributed by atoms with Crippen molar-refractivity contribution in [2.75, 3.05) is 33.9 Å². The fourth-order valence-electron chi connectivity index (χ4n) is 4.04. The Morgan fingerprint density at radius 1 is 1.00 bits per heavy atom. The molecule has 1 atom stereocenters. The average molecular weight is 430 g/mol. The van der Waals surface area contributed by atoms with Crippen LogP contribution in [0, 0.1) is 13.8 Å². The van der Waals surface area contributed by atoms with Crippen molar-refractivity contribution >= 4 is 33.0 Å². The third kappa shape index (κ3) is 5.33. The Labute approximate surface area is 179 Å². The number of nitrogens with zero attached hydrogens (tertiary/aromatic N) is 2. The summed E-state index contributed by atoms with van der Waals surface area (Å²) in [4.78, 5) is 15.3.